The maximum atomic E-state index is 13.0. The van der Waals surface area contributed by atoms with Crippen molar-refractivity contribution in [1.29, 1.82) is 0 Å². The highest BCUT2D eigenvalue weighted by atomic mass is 32.2. The molecule has 0 saturated carbocycles. The lowest BCUT2D eigenvalue weighted by atomic mass is 10.1. The van der Waals surface area contributed by atoms with Gasteiger partial charge in [0.2, 0.25) is 0 Å². The van der Waals surface area contributed by atoms with Gasteiger partial charge in [0.05, 0.1) is 23.7 Å². The molecule has 7 nitrogen and oxygen atoms in total. The van der Waals surface area contributed by atoms with Crippen molar-refractivity contribution in [3.05, 3.63) is 45.8 Å². The number of carbonyl (C=O) groups excluding carboxylic acids is 2. The Morgan fingerprint density at radius 2 is 2.07 bits per heavy atom. The minimum atomic E-state index is -3.09. The van der Waals surface area contributed by atoms with Crippen molar-refractivity contribution in [1.82, 2.24) is 5.32 Å². The van der Waals surface area contributed by atoms with Gasteiger partial charge in [-0.2, -0.15) is 0 Å². The summed E-state index contributed by atoms with van der Waals surface area (Å²) < 4.78 is 28.9. The summed E-state index contributed by atoms with van der Waals surface area (Å²) in [4.78, 5) is 27.0. The first kappa shape index (κ1) is 20.9. The molecule has 30 heavy (non-hydrogen) atoms. The van der Waals surface area contributed by atoms with Gasteiger partial charge in [-0.15, -0.1) is 11.3 Å². The molecule has 2 aliphatic rings. The van der Waals surface area contributed by atoms with E-state index in [4.69, 9.17) is 4.74 Å². The van der Waals surface area contributed by atoms with Crippen LogP contribution in [0.15, 0.2) is 24.3 Å². The summed E-state index contributed by atoms with van der Waals surface area (Å²) in [5.41, 5.74) is 1.89. The molecule has 4 rings (SSSR count). The van der Waals surface area contributed by atoms with Crippen LogP contribution in [0.5, 0.6) is 5.75 Å². The van der Waals surface area contributed by atoms with Crippen molar-refractivity contribution in [2.24, 2.45) is 0 Å². The summed E-state index contributed by atoms with van der Waals surface area (Å²) in [6.07, 6.45) is 3.07. The van der Waals surface area contributed by atoms with Crippen LogP contribution in [0.25, 0.3) is 0 Å². The van der Waals surface area contributed by atoms with Crippen molar-refractivity contribution in [3.63, 3.8) is 0 Å². The van der Waals surface area contributed by atoms with Gasteiger partial charge in [0.15, 0.2) is 9.84 Å². The average molecular weight is 449 g/mol. The first-order valence-electron chi connectivity index (χ1n) is 10.1. The molecule has 0 unspecified atom stereocenters. The molecule has 2 amide bonds. The Hall–Kier alpha value is -2.39. The predicted molar refractivity (Wildman–Crippen MR) is 116 cm³/mol. The van der Waals surface area contributed by atoms with Crippen LogP contribution in [-0.4, -0.2) is 44.4 Å². The number of rotatable bonds is 6. The normalized spacial score (nSPS) is 19.3. The third kappa shape index (κ3) is 4.37. The number of amides is 2. The number of fused-ring (bicyclic) bond motifs is 1. The molecular weight excluding hydrogens is 424 g/mol. The van der Waals surface area contributed by atoms with E-state index in [1.165, 1.54) is 11.3 Å². The van der Waals surface area contributed by atoms with Crippen LogP contribution in [-0.2, 0) is 22.7 Å². The largest absolute Gasteiger partial charge is 0.494 e. The molecule has 160 valence electrons. The fourth-order valence-electron chi connectivity index (χ4n) is 3.97. The number of carbonyl (C=O) groups is 2. The Labute approximate surface area is 179 Å². The summed E-state index contributed by atoms with van der Waals surface area (Å²) >= 11 is 1.43. The second-order valence-corrected chi connectivity index (χ2v) is 10.9. The average Bonchev–Trinajstić information content (AvgIpc) is 3.36. The quantitative estimate of drug-likeness (QED) is 0.708. The summed E-state index contributed by atoms with van der Waals surface area (Å²) in [5.74, 6) is 0.0549. The smallest absolute Gasteiger partial charge is 0.256 e. The fourth-order valence-corrected chi connectivity index (χ4v) is 6.92. The van der Waals surface area contributed by atoms with E-state index in [1.807, 2.05) is 6.92 Å². The molecule has 0 radical (unpaired) electrons. The van der Waals surface area contributed by atoms with Crippen LogP contribution in [0.1, 0.15) is 50.9 Å². The molecule has 1 aliphatic carbocycles. The van der Waals surface area contributed by atoms with E-state index in [0.29, 0.717) is 34.9 Å². The van der Waals surface area contributed by atoms with Crippen molar-refractivity contribution < 1.29 is 22.7 Å². The van der Waals surface area contributed by atoms with Crippen molar-refractivity contribution >= 4 is 38.0 Å². The number of hydrogen-bond donors (Lipinski definition) is 2. The number of sulfone groups is 1. The fraction of sp³-hybridized carbons (Fsp3) is 0.429. The zero-order valence-corrected chi connectivity index (χ0v) is 18.3. The van der Waals surface area contributed by atoms with E-state index in [1.54, 1.807) is 24.3 Å². The molecular formula is C21H24N2O5S2. The topological polar surface area (TPSA) is 102 Å². The van der Waals surface area contributed by atoms with Gasteiger partial charge >= 0.3 is 0 Å². The highest BCUT2D eigenvalue weighted by Gasteiger charge is 2.32. The van der Waals surface area contributed by atoms with Gasteiger partial charge < -0.3 is 15.4 Å². The minimum absolute atomic E-state index is 0.0308. The van der Waals surface area contributed by atoms with Gasteiger partial charge in [0.1, 0.15) is 10.8 Å². The lowest BCUT2D eigenvalue weighted by Gasteiger charge is -2.13. The summed E-state index contributed by atoms with van der Waals surface area (Å²) in [6, 6.07) is 6.52. The first-order chi connectivity index (χ1) is 14.4. The third-order valence-electron chi connectivity index (χ3n) is 5.35. The SMILES string of the molecule is CCOc1cccc(C(=O)Nc2sc3c(c2C(=O)N[C@@H]2CCS(=O)(=O)C2)CCC3)c1. The Morgan fingerprint density at radius 3 is 2.80 bits per heavy atom. The Morgan fingerprint density at radius 1 is 1.23 bits per heavy atom. The third-order valence-corrected chi connectivity index (χ3v) is 8.33. The van der Waals surface area contributed by atoms with Gasteiger partial charge in [-0.05, 0) is 56.4 Å². The van der Waals surface area contributed by atoms with E-state index in [9.17, 15) is 18.0 Å². The molecule has 2 aromatic rings. The Kier molecular flexibility index (Phi) is 5.84. The van der Waals surface area contributed by atoms with E-state index >= 15 is 0 Å². The van der Waals surface area contributed by atoms with E-state index < -0.39 is 9.84 Å². The number of aryl methyl sites for hydroxylation is 1. The van der Waals surface area contributed by atoms with E-state index in [-0.39, 0.29) is 29.4 Å². The van der Waals surface area contributed by atoms with Crippen LogP contribution in [0, 0.1) is 0 Å². The standard InChI is InChI=1S/C21H24N2O5S2/c1-2-28-15-6-3-5-13(11-15)19(24)23-21-18(16-7-4-8-17(16)29-21)20(25)22-14-9-10-30(26,27)12-14/h3,5-6,11,14H,2,4,7-10,12H2,1H3,(H,22,25)(H,23,24)/t14-/m1/s1. The van der Waals surface area contributed by atoms with E-state index in [2.05, 4.69) is 10.6 Å². The van der Waals surface area contributed by atoms with Gasteiger partial charge in [-0.25, -0.2) is 8.42 Å². The molecule has 1 aromatic carbocycles. The molecule has 1 aromatic heterocycles. The molecule has 2 heterocycles. The second kappa shape index (κ2) is 8.39. The lowest BCUT2D eigenvalue weighted by Crippen LogP contribution is -2.36. The molecule has 1 fully saturated rings. The molecule has 2 N–H and O–H groups in total. The van der Waals surface area contributed by atoms with Crippen molar-refractivity contribution in [3.8, 4) is 5.75 Å². The summed E-state index contributed by atoms with van der Waals surface area (Å²) in [6.45, 7) is 2.38. The maximum absolute atomic E-state index is 13.0. The van der Waals surface area contributed by atoms with E-state index in [0.717, 1.165) is 29.7 Å². The zero-order valence-electron chi connectivity index (χ0n) is 16.7. The van der Waals surface area contributed by atoms with Gasteiger partial charge in [-0.3, -0.25) is 9.59 Å². The minimum Gasteiger partial charge on any atom is -0.494 e. The second-order valence-electron chi connectivity index (χ2n) is 7.55. The molecule has 1 aliphatic heterocycles. The lowest BCUT2D eigenvalue weighted by molar-refractivity contribution is 0.0941. The van der Waals surface area contributed by atoms with Crippen LogP contribution < -0.4 is 15.4 Å². The molecule has 1 saturated heterocycles. The molecule has 0 bridgehead atoms. The van der Waals surface area contributed by atoms with Crippen LogP contribution in [0.4, 0.5) is 5.00 Å². The Bertz CT molecular complexity index is 1090. The summed E-state index contributed by atoms with van der Waals surface area (Å²) in [5, 5.41) is 6.27. The molecule has 0 spiro atoms. The van der Waals surface area contributed by atoms with Crippen molar-refractivity contribution in [2.45, 2.75) is 38.6 Å². The number of ether oxygens (including phenoxy) is 1. The number of hydrogen-bond acceptors (Lipinski definition) is 6. The van der Waals surface area contributed by atoms with Gasteiger partial charge in [-0.1, -0.05) is 6.07 Å². The predicted octanol–water partition coefficient (Wildman–Crippen LogP) is 2.80. The number of benzene rings is 1. The summed E-state index contributed by atoms with van der Waals surface area (Å²) in [7, 11) is -3.09. The number of nitrogens with one attached hydrogen (secondary N) is 2. The van der Waals surface area contributed by atoms with Crippen LogP contribution in [0.2, 0.25) is 0 Å². The van der Waals surface area contributed by atoms with Gasteiger partial charge in [0.25, 0.3) is 11.8 Å². The van der Waals surface area contributed by atoms with Gasteiger partial charge in [0, 0.05) is 16.5 Å². The highest BCUT2D eigenvalue weighted by molar-refractivity contribution is 7.91. The number of anilines is 1. The van der Waals surface area contributed by atoms with Crippen molar-refractivity contribution in [2.75, 3.05) is 23.4 Å². The van der Waals surface area contributed by atoms with Crippen LogP contribution in [0.3, 0.4) is 0 Å². The Balaban J connectivity index is 1.56. The molecule has 9 heteroatoms. The zero-order chi connectivity index (χ0) is 21.3. The molecule has 1 atom stereocenters. The highest BCUT2D eigenvalue weighted by Crippen LogP contribution is 2.39. The monoisotopic (exact) mass is 448 g/mol. The van der Waals surface area contributed by atoms with Crippen LogP contribution >= 0.6 is 11.3 Å². The number of thiophene rings is 1. The maximum Gasteiger partial charge on any atom is 0.256 e. The first-order valence-corrected chi connectivity index (χ1v) is 12.7.